The fourth-order valence-corrected chi connectivity index (χ4v) is 1.34. The molecule has 0 aliphatic rings. The number of benzene rings is 1. The zero-order chi connectivity index (χ0) is 12.8. The topological polar surface area (TPSA) is 58.6 Å². The fourth-order valence-electron chi connectivity index (χ4n) is 1.34. The van der Waals surface area contributed by atoms with Crippen LogP contribution in [0.25, 0.3) is 0 Å². The van der Waals surface area contributed by atoms with Crippen LogP contribution in [0.1, 0.15) is 12.0 Å². The van der Waals surface area contributed by atoms with E-state index in [0.717, 1.165) is 0 Å². The number of carbonyl (C=O) groups is 1. The van der Waals surface area contributed by atoms with E-state index in [1.165, 1.54) is 13.2 Å². The van der Waals surface area contributed by atoms with Crippen LogP contribution in [0.4, 0.5) is 10.1 Å². The van der Waals surface area contributed by atoms with Gasteiger partial charge in [-0.05, 0) is 30.7 Å². The second-order valence-electron chi connectivity index (χ2n) is 3.78. The maximum absolute atomic E-state index is 13.0. The summed E-state index contributed by atoms with van der Waals surface area (Å²) in [5, 5.41) is 12.4. The predicted molar refractivity (Wildman–Crippen MR) is 62.3 cm³/mol. The van der Waals surface area contributed by atoms with Crippen LogP contribution >= 0.6 is 0 Å². The zero-order valence-electron chi connectivity index (χ0n) is 9.87. The molecule has 17 heavy (non-hydrogen) atoms. The van der Waals surface area contributed by atoms with Gasteiger partial charge in [0.25, 0.3) is 0 Å². The molecule has 0 aliphatic heterocycles. The van der Waals surface area contributed by atoms with Gasteiger partial charge in [0.05, 0.1) is 19.6 Å². The molecule has 0 aliphatic carbocycles. The third-order valence-corrected chi connectivity index (χ3v) is 2.33. The van der Waals surface area contributed by atoms with E-state index >= 15 is 0 Å². The SMILES string of the molecule is COC(=O)CC(O)CNc1ccc(F)c(C)c1. The van der Waals surface area contributed by atoms with E-state index in [0.29, 0.717) is 11.3 Å². The Morgan fingerprint density at radius 3 is 2.88 bits per heavy atom. The first-order valence-corrected chi connectivity index (χ1v) is 5.28. The summed E-state index contributed by atoms with van der Waals surface area (Å²) in [5.74, 6) is -0.736. The molecule has 1 aromatic carbocycles. The highest BCUT2D eigenvalue weighted by Crippen LogP contribution is 2.13. The van der Waals surface area contributed by atoms with Crippen LogP contribution in [0.15, 0.2) is 18.2 Å². The van der Waals surface area contributed by atoms with E-state index in [9.17, 15) is 14.3 Å². The molecule has 1 atom stereocenters. The van der Waals surface area contributed by atoms with Crippen molar-refractivity contribution < 1.29 is 19.0 Å². The minimum Gasteiger partial charge on any atom is -0.469 e. The van der Waals surface area contributed by atoms with Crippen LogP contribution in [-0.4, -0.2) is 30.8 Å². The zero-order valence-corrected chi connectivity index (χ0v) is 9.87. The number of carbonyl (C=O) groups excluding carboxylic acids is 1. The van der Waals surface area contributed by atoms with E-state index in [2.05, 4.69) is 10.1 Å². The number of hydrogen-bond donors (Lipinski definition) is 2. The standard InChI is InChI=1S/C12H16FNO3/c1-8-5-9(3-4-11(8)13)14-7-10(15)6-12(16)17-2/h3-5,10,14-15H,6-7H2,1-2H3. The molecule has 2 N–H and O–H groups in total. The van der Waals surface area contributed by atoms with Gasteiger partial charge in [-0.25, -0.2) is 4.39 Å². The smallest absolute Gasteiger partial charge is 0.308 e. The summed E-state index contributed by atoms with van der Waals surface area (Å²) in [6, 6.07) is 4.57. The number of ether oxygens (including phenoxy) is 1. The van der Waals surface area contributed by atoms with Crippen molar-refractivity contribution in [3.63, 3.8) is 0 Å². The number of halogens is 1. The lowest BCUT2D eigenvalue weighted by molar-refractivity contribution is -0.142. The molecule has 0 amide bonds. The Bertz CT molecular complexity index is 395. The molecule has 4 nitrogen and oxygen atoms in total. The van der Waals surface area contributed by atoms with E-state index in [1.807, 2.05) is 0 Å². The Morgan fingerprint density at radius 2 is 2.29 bits per heavy atom. The van der Waals surface area contributed by atoms with Gasteiger partial charge in [-0.1, -0.05) is 0 Å². The van der Waals surface area contributed by atoms with Crippen molar-refractivity contribution in [1.29, 1.82) is 0 Å². The van der Waals surface area contributed by atoms with Crippen LogP contribution < -0.4 is 5.32 Å². The van der Waals surface area contributed by atoms with Crippen LogP contribution in [0.3, 0.4) is 0 Å². The number of aryl methyl sites for hydroxylation is 1. The molecule has 94 valence electrons. The molecule has 0 saturated carbocycles. The number of aliphatic hydroxyl groups excluding tert-OH is 1. The Hall–Kier alpha value is -1.62. The summed E-state index contributed by atoms with van der Waals surface area (Å²) in [6.45, 7) is 1.87. The molecule has 0 bridgehead atoms. The van der Waals surface area contributed by atoms with Gasteiger partial charge < -0.3 is 15.2 Å². The van der Waals surface area contributed by atoms with Crippen molar-refractivity contribution in [2.24, 2.45) is 0 Å². The highest BCUT2D eigenvalue weighted by atomic mass is 19.1. The van der Waals surface area contributed by atoms with Crippen molar-refractivity contribution in [2.75, 3.05) is 19.0 Å². The van der Waals surface area contributed by atoms with Crippen molar-refractivity contribution in [3.05, 3.63) is 29.6 Å². The summed E-state index contributed by atoms with van der Waals surface area (Å²) in [4.78, 5) is 10.9. The summed E-state index contributed by atoms with van der Waals surface area (Å²) >= 11 is 0. The summed E-state index contributed by atoms with van der Waals surface area (Å²) in [7, 11) is 1.27. The quantitative estimate of drug-likeness (QED) is 0.766. The number of esters is 1. The first-order chi connectivity index (χ1) is 8.02. The maximum atomic E-state index is 13.0. The van der Waals surface area contributed by atoms with Crippen molar-refractivity contribution in [1.82, 2.24) is 0 Å². The third-order valence-electron chi connectivity index (χ3n) is 2.33. The lowest BCUT2D eigenvalue weighted by Gasteiger charge is -2.12. The lowest BCUT2D eigenvalue weighted by Crippen LogP contribution is -2.23. The second-order valence-corrected chi connectivity index (χ2v) is 3.78. The number of hydrogen-bond acceptors (Lipinski definition) is 4. The van der Waals surface area contributed by atoms with Gasteiger partial charge in [0.2, 0.25) is 0 Å². The molecule has 1 rings (SSSR count). The first kappa shape index (κ1) is 13.4. The van der Waals surface area contributed by atoms with E-state index in [-0.39, 0.29) is 18.8 Å². The minimum atomic E-state index is -0.826. The molecular weight excluding hydrogens is 225 g/mol. The monoisotopic (exact) mass is 241 g/mol. The average Bonchev–Trinajstić information content (AvgIpc) is 2.30. The van der Waals surface area contributed by atoms with Crippen LogP contribution in [0, 0.1) is 12.7 Å². The van der Waals surface area contributed by atoms with Gasteiger partial charge in [-0.3, -0.25) is 4.79 Å². The first-order valence-electron chi connectivity index (χ1n) is 5.28. The molecule has 0 heterocycles. The summed E-state index contributed by atoms with van der Waals surface area (Å²) in [6.07, 6.45) is -0.892. The molecule has 1 aromatic rings. The van der Waals surface area contributed by atoms with Crippen LogP contribution in [0.2, 0.25) is 0 Å². The Balaban J connectivity index is 2.44. The third kappa shape index (κ3) is 4.40. The van der Waals surface area contributed by atoms with Gasteiger partial charge in [0.15, 0.2) is 0 Å². The van der Waals surface area contributed by atoms with Crippen LogP contribution in [-0.2, 0) is 9.53 Å². The largest absolute Gasteiger partial charge is 0.469 e. The normalized spacial score (nSPS) is 12.0. The van der Waals surface area contributed by atoms with Gasteiger partial charge in [0.1, 0.15) is 5.82 Å². The molecule has 0 spiro atoms. The highest BCUT2D eigenvalue weighted by Gasteiger charge is 2.10. The van der Waals surface area contributed by atoms with Gasteiger partial charge in [-0.2, -0.15) is 0 Å². The number of nitrogens with one attached hydrogen (secondary N) is 1. The maximum Gasteiger partial charge on any atom is 0.308 e. The summed E-state index contributed by atoms with van der Waals surface area (Å²) in [5.41, 5.74) is 1.23. The lowest BCUT2D eigenvalue weighted by atomic mass is 10.2. The second kappa shape index (κ2) is 6.20. The molecule has 0 aromatic heterocycles. The Morgan fingerprint density at radius 1 is 1.59 bits per heavy atom. The van der Waals surface area contributed by atoms with E-state index in [4.69, 9.17) is 0 Å². The van der Waals surface area contributed by atoms with E-state index < -0.39 is 12.1 Å². The van der Waals surface area contributed by atoms with Gasteiger partial charge >= 0.3 is 5.97 Å². The predicted octanol–water partition coefficient (Wildman–Crippen LogP) is 1.47. The van der Waals surface area contributed by atoms with Crippen molar-refractivity contribution >= 4 is 11.7 Å². The van der Waals surface area contributed by atoms with Crippen molar-refractivity contribution in [3.8, 4) is 0 Å². The van der Waals surface area contributed by atoms with Crippen LogP contribution in [0.5, 0.6) is 0 Å². The molecule has 0 radical (unpaired) electrons. The number of methoxy groups -OCH3 is 1. The minimum absolute atomic E-state index is 0.0658. The number of aliphatic hydroxyl groups is 1. The fraction of sp³-hybridized carbons (Fsp3) is 0.417. The molecule has 0 saturated heterocycles. The molecular formula is C12H16FNO3. The molecule has 5 heteroatoms. The molecule has 0 fully saturated rings. The average molecular weight is 241 g/mol. The molecule has 1 unspecified atom stereocenters. The number of anilines is 1. The van der Waals surface area contributed by atoms with Crippen molar-refractivity contribution in [2.45, 2.75) is 19.4 Å². The Kier molecular flexibility index (Phi) is 4.90. The van der Waals surface area contributed by atoms with Gasteiger partial charge in [-0.15, -0.1) is 0 Å². The summed E-state index contributed by atoms with van der Waals surface area (Å²) < 4.78 is 17.4. The number of rotatable bonds is 5. The van der Waals surface area contributed by atoms with Gasteiger partial charge in [0, 0.05) is 12.2 Å². The highest BCUT2D eigenvalue weighted by molar-refractivity contribution is 5.69. The Labute approximate surface area is 99.4 Å². The van der Waals surface area contributed by atoms with E-state index in [1.54, 1.807) is 19.1 Å².